The topological polar surface area (TPSA) is 25.4 Å². The Balaban J connectivity index is 2.40. The molecule has 0 N–H and O–H groups in total. The van der Waals surface area contributed by atoms with E-state index in [4.69, 9.17) is 4.74 Å². The van der Waals surface area contributed by atoms with Gasteiger partial charge in [-0.05, 0) is 13.5 Å². The monoisotopic (exact) mass is 214 g/mol. The zero-order valence-electron chi connectivity index (χ0n) is 9.12. The highest BCUT2D eigenvalue weighted by molar-refractivity contribution is 7.11. The van der Waals surface area contributed by atoms with Crippen molar-refractivity contribution < 1.29 is 4.74 Å². The minimum Gasteiger partial charge on any atom is -0.383 e. The maximum atomic E-state index is 5.06. The van der Waals surface area contributed by atoms with E-state index in [0.717, 1.165) is 31.2 Å². The number of hydrogen-bond acceptors (Lipinski definition) is 4. The molecule has 0 radical (unpaired) electrons. The number of methoxy groups -OCH3 is 1. The van der Waals surface area contributed by atoms with E-state index in [9.17, 15) is 0 Å². The Morgan fingerprint density at radius 2 is 2.36 bits per heavy atom. The van der Waals surface area contributed by atoms with Crippen LogP contribution < -0.4 is 0 Å². The molecule has 0 aliphatic carbocycles. The molecule has 1 aromatic rings. The SMILES string of the molecule is CCN(CCOC)Cc1cnc(C)s1. The molecule has 14 heavy (non-hydrogen) atoms. The fourth-order valence-corrected chi connectivity index (χ4v) is 2.11. The summed E-state index contributed by atoms with van der Waals surface area (Å²) in [5, 5.41) is 1.14. The normalized spacial score (nSPS) is 11.1. The Morgan fingerprint density at radius 1 is 1.57 bits per heavy atom. The summed E-state index contributed by atoms with van der Waals surface area (Å²) in [6.07, 6.45) is 1.97. The first-order chi connectivity index (χ1) is 6.76. The van der Waals surface area contributed by atoms with E-state index in [1.54, 1.807) is 18.4 Å². The van der Waals surface area contributed by atoms with Crippen LogP contribution in [0.5, 0.6) is 0 Å². The quantitative estimate of drug-likeness (QED) is 0.723. The van der Waals surface area contributed by atoms with E-state index in [1.165, 1.54) is 4.88 Å². The standard InChI is InChI=1S/C10H18N2OS/c1-4-12(5-6-13-3)8-10-7-11-9(2)14-10/h7H,4-6,8H2,1-3H3. The van der Waals surface area contributed by atoms with Crippen molar-refractivity contribution in [1.82, 2.24) is 9.88 Å². The molecule has 0 bridgehead atoms. The average molecular weight is 214 g/mol. The average Bonchev–Trinajstić information content (AvgIpc) is 2.58. The molecule has 0 aliphatic rings. The van der Waals surface area contributed by atoms with Crippen molar-refractivity contribution in [3.05, 3.63) is 16.1 Å². The summed E-state index contributed by atoms with van der Waals surface area (Å²) in [7, 11) is 1.74. The van der Waals surface area contributed by atoms with Gasteiger partial charge in [0.1, 0.15) is 0 Å². The first-order valence-electron chi connectivity index (χ1n) is 4.88. The van der Waals surface area contributed by atoms with Crippen LogP contribution in [-0.4, -0.2) is 36.7 Å². The second-order valence-electron chi connectivity index (χ2n) is 3.21. The van der Waals surface area contributed by atoms with Gasteiger partial charge < -0.3 is 4.74 Å². The van der Waals surface area contributed by atoms with Gasteiger partial charge in [0.25, 0.3) is 0 Å². The van der Waals surface area contributed by atoms with Crippen LogP contribution >= 0.6 is 11.3 Å². The van der Waals surface area contributed by atoms with E-state index >= 15 is 0 Å². The number of aryl methyl sites for hydroxylation is 1. The minimum atomic E-state index is 0.797. The molecule has 4 heteroatoms. The number of ether oxygens (including phenoxy) is 1. The fourth-order valence-electron chi connectivity index (χ4n) is 1.27. The second-order valence-corrected chi connectivity index (χ2v) is 4.53. The largest absolute Gasteiger partial charge is 0.383 e. The third-order valence-electron chi connectivity index (χ3n) is 2.11. The van der Waals surface area contributed by atoms with E-state index in [-0.39, 0.29) is 0 Å². The van der Waals surface area contributed by atoms with Gasteiger partial charge in [0, 0.05) is 31.3 Å². The summed E-state index contributed by atoms with van der Waals surface area (Å²) in [5.41, 5.74) is 0. The Labute approximate surface area is 89.7 Å². The lowest BCUT2D eigenvalue weighted by molar-refractivity contribution is 0.148. The van der Waals surface area contributed by atoms with Crippen LogP contribution in [0.4, 0.5) is 0 Å². The molecule has 0 spiro atoms. The Hall–Kier alpha value is -0.450. The number of thiazole rings is 1. The van der Waals surface area contributed by atoms with E-state index in [2.05, 4.69) is 16.8 Å². The van der Waals surface area contributed by atoms with Crippen LogP contribution in [0.2, 0.25) is 0 Å². The van der Waals surface area contributed by atoms with Crippen molar-refractivity contribution in [2.45, 2.75) is 20.4 Å². The van der Waals surface area contributed by atoms with E-state index in [0.29, 0.717) is 0 Å². The summed E-state index contributed by atoms with van der Waals surface area (Å²) in [6, 6.07) is 0. The van der Waals surface area contributed by atoms with Gasteiger partial charge in [0.05, 0.1) is 11.6 Å². The van der Waals surface area contributed by atoms with Crippen LogP contribution in [0, 0.1) is 6.92 Å². The number of hydrogen-bond donors (Lipinski definition) is 0. The molecule has 1 heterocycles. The summed E-state index contributed by atoms with van der Waals surface area (Å²) in [6.45, 7) is 8.05. The highest BCUT2D eigenvalue weighted by atomic mass is 32.1. The molecule has 0 aliphatic heterocycles. The van der Waals surface area contributed by atoms with E-state index in [1.807, 2.05) is 13.1 Å². The second kappa shape index (κ2) is 6.11. The van der Waals surface area contributed by atoms with Gasteiger partial charge in [-0.15, -0.1) is 11.3 Å². The van der Waals surface area contributed by atoms with Crippen molar-refractivity contribution >= 4 is 11.3 Å². The molecule has 0 amide bonds. The lowest BCUT2D eigenvalue weighted by atomic mass is 10.4. The summed E-state index contributed by atoms with van der Waals surface area (Å²) >= 11 is 1.77. The molecule has 0 saturated heterocycles. The van der Waals surface area contributed by atoms with Gasteiger partial charge in [-0.1, -0.05) is 6.92 Å². The summed E-state index contributed by atoms with van der Waals surface area (Å²) in [4.78, 5) is 7.94. The molecule has 0 atom stereocenters. The van der Waals surface area contributed by atoms with Gasteiger partial charge in [-0.25, -0.2) is 4.98 Å². The Kier molecular flexibility index (Phi) is 5.07. The lowest BCUT2D eigenvalue weighted by Crippen LogP contribution is -2.26. The first-order valence-corrected chi connectivity index (χ1v) is 5.70. The van der Waals surface area contributed by atoms with Crippen molar-refractivity contribution in [3.63, 3.8) is 0 Å². The zero-order chi connectivity index (χ0) is 10.4. The third kappa shape index (κ3) is 3.74. The maximum Gasteiger partial charge on any atom is 0.0897 e. The minimum absolute atomic E-state index is 0.797. The predicted octanol–water partition coefficient (Wildman–Crippen LogP) is 1.92. The molecule has 0 unspecified atom stereocenters. The third-order valence-corrected chi connectivity index (χ3v) is 3.00. The maximum absolute atomic E-state index is 5.06. The van der Waals surface area contributed by atoms with Crippen molar-refractivity contribution in [2.24, 2.45) is 0 Å². The number of likely N-dealkylation sites (N-methyl/N-ethyl adjacent to an activating group) is 1. The lowest BCUT2D eigenvalue weighted by Gasteiger charge is -2.18. The van der Waals surface area contributed by atoms with Crippen LogP contribution in [0.15, 0.2) is 6.20 Å². The Morgan fingerprint density at radius 3 is 2.86 bits per heavy atom. The molecule has 3 nitrogen and oxygen atoms in total. The zero-order valence-corrected chi connectivity index (χ0v) is 9.93. The highest BCUT2D eigenvalue weighted by Crippen LogP contribution is 2.13. The molecule has 1 rings (SSSR count). The highest BCUT2D eigenvalue weighted by Gasteiger charge is 2.05. The smallest absolute Gasteiger partial charge is 0.0897 e. The van der Waals surface area contributed by atoms with Crippen LogP contribution in [0.1, 0.15) is 16.8 Å². The number of aromatic nitrogens is 1. The number of nitrogens with zero attached hydrogens (tertiary/aromatic N) is 2. The van der Waals surface area contributed by atoms with Gasteiger partial charge in [0.2, 0.25) is 0 Å². The summed E-state index contributed by atoms with van der Waals surface area (Å²) in [5.74, 6) is 0. The van der Waals surface area contributed by atoms with Gasteiger partial charge in [-0.2, -0.15) is 0 Å². The molecular weight excluding hydrogens is 196 g/mol. The summed E-state index contributed by atoms with van der Waals surface area (Å²) < 4.78 is 5.06. The number of rotatable bonds is 6. The van der Waals surface area contributed by atoms with Crippen LogP contribution in [0.25, 0.3) is 0 Å². The fraction of sp³-hybridized carbons (Fsp3) is 0.700. The van der Waals surface area contributed by atoms with E-state index < -0.39 is 0 Å². The molecule has 0 saturated carbocycles. The molecule has 0 fully saturated rings. The molecule has 80 valence electrons. The van der Waals surface area contributed by atoms with Gasteiger partial charge in [0.15, 0.2) is 0 Å². The predicted molar refractivity (Wildman–Crippen MR) is 59.7 cm³/mol. The first kappa shape index (κ1) is 11.6. The molecular formula is C10H18N2OS. The van der Waals surface area contributed by atoms with Crippen molar-refractivity contribution in [1.29, 1.82) is 0 Å². The van der Waals surface area contributed by atoms with Crippen molar-refractivity contribution in [2.75, 3.05) is 26.8 Å². The van der Waals surface area contributed by atoms with Crippen LogP contribution in [-0.2, 0) is 11.3 Å². The van der Waals surface area contributed by atoms with Crippen LogP contribution in [0.3, 0.4) is 0 Å². The van der Waals surface area contributed by atoms with Crippen molar-refractivity contribution in [3.8, 4) is 0 Å². The Bertz CT molecular complexity index is 262. The molecule has 1 aromatic heterocycles. The van der Waals surface area contributed by atoms with Gasteiger partial charge >= 0.3 is 0 Å². The van der Waals surface area contributed by atoms with Gasteiger partial charge in [-0.3, -0.25) is 4.90 Å². The molecule has 0 aromatic carbocycles.